The van der Waals surface area contributed by atoms with E-state index in [1.807, 2.05) is 51.6 Å². The molecule has 0 N–H and O–H groups in total. The molecule has 1 atom stereocenters. The van der Waals surface area contributed by atoms with Crippen molar-refractivity contribution in [1.82, 2.24) is 14.7 Å². The van der Waals surface area contributed by atoms with Crippen molar-refractivity contribution in [2.45, 2.75) is 12.8 Å². The fourth-order valence-electron chi connectivity index (χ4n) is 4.33. The molecule has 172 valence electrons. The summed E-state index contributed by atoms with van der Waals surface area (Å²) in [7, 11) is 1.65. The lowest BCUT2D eigenvalue weighted by Crippen LogP contribution is -2.53. The number of amides is 2. The van der Waals surface area contributed by atoms with Crippen LogP contribution < -0.4 is 9.47 Å². The fraction of sp³-hybridized carbons (Fsp3) is 0.500. The Balaban J connectivity index is 1.19. The lowest BCUT2D eigenvalue weighted by atomic mass is 9.96. The van der Waals surface area contributed by atoms with E-state index in [4.69, 9.17) is 9.47 Å². The summed E-state index contributed by atoms with van der Waals surface area (Å²) in [5.41, 5.74) is 0. The standard InChI is InChI=1S/C24H31N3O4S/c1-30-20-6-8-21(9-7-20)31-16-15-25-11-13-26(14-12-25)23(28)19-4-2-10-27(18-19)24(29)22-5-3-17-32-22/h3,5-9,17,19H,2,4,10-16,18H2,1H3. The van der Waals surface area contributed by atoms with Crippen molar-refractivity contribution in [3.8, 4) is 11.5 Å². The van der Waals surface area contributed by atoms with Gasteiger partial charge >= 0.3 is 0 Å². The van der Waals surface area contributed by atoms with E-state index >= 15 is 0 Å². The molecule has 0 spiro atoms. The Morgan fingerprint density at radius 2 is 1.75 bits per heavy atom. The largest absolute Gasteiger partial charge is 0.497 e. The van der Waals surface area contributed by atoms with Crippen LogP contribution in [0.3, 0.4) is 0 Å². The minimum Gasteiger partial charge on any atom is -0.497 e. The van der Waals surface area contributed by atoms with Crippen LogP contribution in [0.25, 0.3) is 0 Å². The molecule has 2 aromatic rings. The van der Waals surface area contributed by atoms with E-state index in [0.717, 1.165) is 68.5 Å². The summed E-state index contributed by atoms with van der Waals surface area (Å²) in [5.74, 6) is 1.81. The highest BCUT2D eigenvalue weighted by Crippen LogP contribution is 2.23. The molecule has 0 radical (unpaired) electrons. The molecule has 1 aromatic heterocycles. The number of rotatable bonds is 7. The van der Waals surface area contributed by atoms with E-state index in [9.17, 15) is 9.59 Å². The number of methoxy groups -OCH3 is 1. The Hall–Kier alpha value is -2.58. The fourth-order valence-corrected chi connectivity index (χ4v) is 5.02. The predicted octanol–water partition coefficient (Wildman–Crippen LogP) is 2.83. The van der Waals surface area contributed by atoms with Crippen LogP contribution >= 0.6 is 11.3 Å². The van der Waals surface area contributed by atoms with E-state index in [0.29, 0.717) is 13.2 Å². The van der Waals surface area contributed by atoms with Crippen LogP contribution in [0.1, 0.15) is 22.5 Å². The van der Waals surface area contributed by atoms with Crippen molar-refractivity contribution in [1.29, 1.82) is 0 Å². The van der Waals surface area contributed by atoms with E-state index in [-0.39, 0.29) is 17.7 Å². The SMILES string of the molecule is COc1ccc(OCCN2CCN(C(=O)C3CCCN(C(=O)c4cccs4)C3)CC2)cc1. The van der Waals surface area contributed by atoms with Crippen LogP contribution in [-0.2, 0) is 4.79 Å². The van der Waals surface area contributed by atoms with Crippen molar-refractivity contribution in [3.63, 3.8) is 0 Å². The third-order valence-electron chi connectivity index (χ3n) is 6.21. The molecule has 32 heavy (non-hydrogen) atoms. The number of piperidine rings is 1. The van der Waals surface area contributed by atoms with Gasteiger partial charge in [-0.3, -0.25) is 14.5 Å². The van der Waals surface area contributed by atoms with E-state index in [2.05, 4.69) is 4.90 Å². The van der Waals surface area contributed by atoms with Crippen molar-refractivity contribution in [2.24, 2.45) is 5.92 Å². The highest BCUT2D eigenvalue weighted by Gasteiger charge is 2.33. The first kappa shape index (κ1) is 22.6. The first-order chi connectivity index (χ1) is 15.6. The Labute approximate surface area is 193 Å². The smallest absolute Gasteiger partial charge is 0.263 e. The second-order valence-electron chi connectivity index (χ2n) is 8.26. The molecular weight excluding hydrogens is 426 g/mol. The quantitative estimate of drug-likeness (QED) is 0.640. The van der Waals surface area contributed by atoms with E-state index in [1.54, 1.807) is 7.11 Å². The molecule has 1 unspecified atom stereocenters. The molecule has 3 heterocycles. The summed E-state index contributed by atoms with van der Waals surface area (Å²) in [6, 6.07) is 11.3. The molecule has 2 saturated heterocycles. The first-order valence-corrected chi connectivity index (χ1v) is 12.1. The minimum absolute atomic E-state index is 0.0548. The molecule has 7 nitrogen and oxygen atoms in total. The zero-order chi connectivity index (χ0) is 22.3. The number of carbonyl (C=O) groups is 2. The average Bonchev–Trinajstić information content (AvgIpc) is 3.39. The summed E-state index contributed by atoms with van der Waals surface area (Å²) >= 11 is 1.46. The highest BCUT2D eigenvalue weighted by atomic mass is 32.1. The Bertz CT molecular complexity index is 879. The lowest BCUT2D eigenvalue weighted by Gasteiger charge is -2.39. The van der Waals surface area contributed by atoms with Crippen LogP contribution in [0.15, 0.2) is 41.8 Å². The van der Waals surface area contributed by atoms with Gasteiger partial charge in [-0.05, 0) is 48.6 Å². The van der Waals surface area contributed by atoms with Gasteiger partial charge in [-0.15, -0.1) is 11.3 Å². The Morgan fingerprint density at radius 1 is 1.00 bits per heavy atom. The summed E-state index contributed by atoms with van der Waals surface area (Å²) in [4.78, 5) is 32.7. The molecule has 2 amide bonds. The topological polar surface area (TPSA) is 62.3 Å². The molecule has 2 aliphatic heterocycles. The first-order valence-electron chi connectivity index (χ1n) is 11.2. The van der Waals surface area contributed by atoms with E-state index in [1.165, 1.54) is 11.3 Å². The van der Waals surface area contributed by atoms with Crippen LogP contribution in [-0.4, -0.2) is 86.0 Å². The van der Waals surface area contributed by atoms with Gasteiger partial charge in [0.25, 0.3) is 5.91 Å². The number of thiophene rings is 1. The minimum atomic E-state index is -0.0855. The summed E-state index contributed by atoms with van der Waals surface area (Å²) in [6.07, 6.45) is 1.75. The normalized spacial score (nSPS) is 19.6. The number of hydrogen-bond donors (Lipinski definition) is 0. The number of likely N-dealkylation sites (tertiary alicyclic amines) is 1. The van der Waals surface area contributed by atoms with Gasteiger partial charge in [0.15, 0.2) is 0 Å². The van der Waals surface area contributed by atoms with Crippen LogP contribution in [0.2, 0.25) is 0 Å². The Kier molecular flexibility index (Phi) is 7.65. The van der Waals surface area contributed by atoms with Crippen LogP contribution in [0.4, 0.5) is 0 Å². The summed E-state index contributed by atoms with van der Waals surface area (Å²) in [5, 5.41) is 1.92. The van der Waals surface area contributed by atoms with Gasteiger partial charge < -0.3 is 19.3 Å². The maximum Gasteiger partial charge on any atom is 0.263 e. The second kappa shape index (κ2) is 10.8. The zero-order valence-corrected chi connectivity index (χ0v) is 19.4. The maximum atomic E-state index is 13.1. The lowest BCUT2D eigenvalue weighted by molar-refractivity contribution is -0.138. The molecular formula is C24H31N3O4S. The van der Waals surface area contributed by atoms with Gasteiger partial charge in [0.05, 0.1) is 17.9 Å². The number of carbonyl (C=O) groups excluding carboxylic acids is 2. The van der Waals surface area contributed by atoms with Gasteiger partial charge in [0.2, 0.25) is 5.91 Å². The second-order valence-corrected chi connectivity index (χ2v) is 9.21. The number of hydrogen-bond acceptors (Lipinski definition) is 6. The average molecular weight is 458 g/mol. The number of benzene rings is 1. The molecule has 4 rings (SSSR count). The Morgan fingerprint density at radius 3 is 2.44 bits per heavy atom. The molecule has 0 saturated carbocycles. The number of piperazine rings is 1. The van der Waals surface area contributed by atoms with Crippen molar-refractivity contribution >= 4 is 23.2 Å². The number of nitrogens with zero attached hydrogens (tertiary/aromatic N) is 3. The predicted molar refractivity (Wildman–Crippen MR) is 124 cm³/mol. The molecule has 0 bridgehead atoms. The monoisotopic (exact) mass is 457 g/mol. The van der Waals surface area contributed by atoms with E-state index < -0.39 is 0 Å². The third kappa shape index (κ3) is 5.61. The molecule has 0 aliphatic carbocycles. The molecule has 2 aliphatic rings. The van der Waals surface area contributed by atoms with Gasteiger partial charge in [-0.25, -0.2) is 0 Å². The molecule has 2 fully saturated rings. The van der Waals surface area contributed by atoms with Gasteiger partial charge in [-0.2, -0.15) is 0 Å². The third-order valence-corrected chi connectivity index (χ3v) is 7.07. The van der Waals surface area contributed by atoms with Gasteiger partial charge in [-0.1, -0.05) is 6.07 Å². The highest BCUT2D eigenvalue weighted by molar-refractivity contribution is 7.12. The van der Waals surface area contributed by atoms with Crippen LogP contribution in [0.5, 0.6) is 11.5 Å². The zero-order valence-electron chi connectivity index (χ0n) is 18.6. The molecule has 8 heteroatoms. The van der Waals surface area contributed by atoms with Crippen molar-refractivity contribution < 1.29 is 19.1 Å². The van der Waals surface area contributed by atoms with Gasteiger partial charge in [0.1, 0.15) is 18.1 Å². The number of ether oxygens (including phenoxy) is 2. The molecule has 1 aromatic carbocycles. The van der Waals surface area contributed by atoms with Crippen LogP contribution in [0, 0.1) is 5.92 Å². The van der Waals surface area contributed by atoms with Crippen molar-refractivity contribution in [3.05, 3.63) is 46.7 Å². The summed E-state index contributed by atoms with van der Waals surface area (Å²) in [6.45, 7) is 5.88. The van der Waals surface area contributed by atoms with Crippen molar-refractivity contribution in [2.75, 3.05) is 59.5 Å². The van der Waals surface area contributed by atoms with Gasteiger partial charge in [0, 0.05) is 45.8 Å². The maximum absolute atomic E-state index is 13.1. The summed E-state index contributed by atoms with van der Waals surface area (Å²) < 4.78 is 11.0.